The second kappa shape index (κ2) is 7.89. The van der Waals surface area contributed by atoms with E-state index in [0.717, 1.165) is 12.1 Å². The smallest absolute Gasteiger partial charge is 0.0554 e. The van der Waals surface area contributed by atoms with Gasteiger partial charge in [-0.2, -0.15) is 0 Å². The molecule has 0 saturated heterocycles. The van der Waals surface area contributed by atoms with Crippen molar-refractivity contribution < 1.29 is 0 Å². The highest BCUT2D eigenvalue weighted by Crippen LogP contribution is 2.24. The Balaban J connectivity index is 1.82. The van der Waals surface area contributed by atoms with Gasteiger partial charge in [-0.1, -0.05) is 60.7 Å². The van der Waals surface area contributed by atoms with Crippen LogP contribution in [-0.2, 0) is 6.42 Å². The molecule has 0 spiro atoms. The van der Waals surface area contributed by atoms with Crippen LogP contribution in [0.5, 0.6) is 0 Å². The zero-order chi connectivity index (χ0) is 15.9. The maximum atomic E-state index is 3.67. The van der Waals surface area contributed by atoms with Crippen LogP contribution in [0.25, 0.3) is 0 Å². The Bertz CT molecular complexity index is 708. The topological polar surface area (TPSA) is 12.0 Å². The van der Waals surface area contributed by atoms with Crippen LogP contribution in [0.15, 0.2) is 89.8 Å². The molecule has 116 valence electrons. The molecule has 0 heterocycles. The summed E-state index contributed by atoms with van der Waals surface area (Å²) in [6.45, 7) is 0. The van der Waals surface area contributed by atoms with E-state index >= 15 is 0 Å². The van der Waals surface area contributed by atoms with Crippen LogP contribution in [0.1, 0.15) is 17.2 Å². The minimum atomic E-state index is 0.263. The molecule has 1 unspecified atom stereocenters. The lowest BCUT2D eigenvalue weighted by Gasteiger charge is -2.21. The summed E-state index contributed by atoms with van der Waals surface area (Å²) in [7, 11) is 0. The van der Waals surface area contributed by atoms with E-state index in [1.807, 2.05) is 6.07 Å². The Morgan fingerprint density at radius 3 is 2.00 bits per heavy atom. The number of rotatable bonds is 6. The zero-order valence-corrected chi connectivity index (χ0v) is 14.1. The van der Waals surface area contributed by atoms with Crippen molar-refractivity contribution in [3.8, 4) is 0 Å². The van der Waals surface area contributed by atoms with Crippen molar-refractivity contribution in [2.75, 3.05) is 11.6 Å². The summed E-state index contributed by atoms with van der Waals surface area (Å²) in [5.74, 6) is 0. The number of anilines is 1. The van der Waals surface area contributed by atoms with Crippen LogP contribution in [0, 0.1) is 0 Å². The van der Waals surface area contributed by atoms with Gasteiger partial charge in [0.25, 0.3) is 0 Å². The van der Waals surface area contributed by atoms with E-state index < -0.39 is 0 Å². The van der Waals surface area contributed by atoms with Crippen LogP contribution < -0.4 is 5.32 Å². The standard InChI is InChI=1S/C21H21NS/c1-23-20-14-12-17(13-15-20)16-21(18-8-4-2-5-9-18)22-19-10-6-3-7-11-19/h2-15,21-22H,16H2,1H3. The van der Waals surface area contributed by atoms with Crippen molar-refractivity contribution in [2.45, 2.75) is 17.4 Å². The Morgan fingerprint density at radius 2 is 1.39 bits per heavy atom. The predicted molar refractivity (Wildman–Crippen MR) is 101 cm³/mol. The summed E-state index contributed by atoms with van der Waals surface area (Å²) >= 11 is 1.78. The fourth-order valence-corrected chi connectivity index (χ4v) is 3.08. The molecule has 0 amide bonds. The molecule has 0 radical (unpaired) electrons. The molecule has 3 rings (SSSR count). The second-order valence-electron chi connectivity index (χ2n) is 5.53. The maximum absolute atomic E-state index is 3.67. The van der Waals surface area contributed by atoms with Crippen molar-refractivity contribution in [2.24, 2.45) is 0 Å². The number of nitrogens with one attached hydrogen (secondary N) is 1. The highest BCUT2D eigenvalue weighted by Gasteiger charge is 2.12. The van der Waals surface area contributed by atoms with Gasteiger partial charge in [0.05, 0.1) is 6.04 Å². The summed E-state index contributed by atoms with van der Waals surface area (Å²) in [4.78, 5) is 1.31. The number of benzene rings is 3. The maximum Gasteiger partial charge on any atom is 0.0554 e. The van der Waals surface area contributed by atoms with Crippen LogP contribution in [-0.4, -0.2) is 6.26 Å². The Morgan fingerprint density at radius 1 is 0.783 bits per heavy atom. The predicted octanol–water partition coefficient (Wildman–Crippen LogP) is 5.80. The third-order valence-corrected chi connectivity index (χ3v) is 4.66. The molecule has 1 nitrogen and oxygen atoms in total. The van der Waals surface area contributed by atoms with Crippen LogP contribution in [0.4, 0.5) is 5.69 Å². The van der Waals surface area contributed by atoms with E-state index in [1.54, 1.807) is 11.8 Å². The molecule has 0 aromatic heterocycles. The lowest BCUT2D eigenvalue weighted by molar-refractivity contribution is 0.775. The molecule has 3 aromatic carbocycles. The van der Waals surface area contributed by atoms with Gasteiger partial charge in [-0.05, 0) is 48.1 Å². The zero-order valence-electron chi connectivity index (χ0n) is 13.3. The molecule has 0 saturated carbocycles. The van der Waals surface area contributed by atoms with E-state index in [2.05, 4.69) is 90.4 Å². The van der Waals surface area contributed by atoms with Gasteiger partial charge in [-0.3, -0.25) is 0 Å². The molecule has 3 aromatic rings. The van der Waals surface area contributed by atoms with Gasteiger partial charge in [0, 0.05) is 10.6 Å². The first kappa shape index (κ1) is 15.7. The fraction of sp³-hybridized carbons (Fsp3) is 0.143. The molecular formula is C21H21NS. The van der Waals surface area contributed by atoms with Crippen molar-refractivity contribution in [3.05, 3.63) is 96.1 Å². The van der Waals surface area contributed by atoms with Crippen LogP contribution in [0.2, 0.25) is 0 Å². The van der Waals surface area contributed by atoms with E-state index in [0.29, 0.717) is 0 Å². The SMILES string of the molecule is CSc1ccc(CC(Nc2ccccc2)c2ccccc2)cc1. The van der Waals surface area contributed by atoms with Gasteiger partial charge in [-0.25, -0.2) is 0 Å². The van der Waals surface area contributed by atoms with Gasteiger partial charge in [0.15, 0.2) is 0 Å². The average Bonchev–Trinajstić information content (AvgIpc) is 2.63. The molecule has 23 heavy (non-hydrogen) atoms. The van der Waals surface area contributed by atoms with E-state index in [4.69, 9.17) is 0 Å². The highest BCUT2D eigenvalue weighted by atomic mass is 32.2. The van der Waals surface area contributed by atoms with Gasteiger partial charge >= 0.3 is 0 Å². The van der Waals surface area contributed by atoms with Gasteiger partial charge in [0.1, 0.15) is 0 Å². The highest BCUT2D eigenvalue weighted by molar-refractivity contribution is 7.98. The summed E-state index contributed by atoms with van der Waals surface area (Å²) in [5, 5.41) is 3.67. The Labute approximate surface area is 142 Å². The minimum Gasteiger partial charge on any atom is -0.378 e. The van der Waals surface area contributed by atoms with Crippen molar-refractivity contribution in [3.63, 3.8) is 0 Å². The largest absolute Gasteiger partial charge is 0.378 e. The summed E-state index contributed by atoms with van der Waals surface area (Å²) in [6, 6.07) is 30.2. The second-order valence-corrected chi connectivity index (χ2v) is 6.41. The van der Waals surface area contributed by atoms with Crippen LogP contribution >= 0.6 is 11.8 Å². The summed E-state index contributed by atoms with van der Waals surface area (Å²) in [6.07, 6.45) is 3.08. The van der Waals surface area contributed by atoms with E-state index in [9.17, 15) is 0 Å². The van der Waals surface area contributed by atoms with Gasteiger partial charge in [-0.15, -0.1) is 11.8 Å². The molecule has 1 N–H and O–H groups in total. The third-order valence-electron chi connectivity index (χ3n) is 3.92. The summed E-state index contributed by atoms with van der Waals surface area (Å²) < 4.78 is 0. The van der Waals surface area contributed by atoms with Crippen molar-refractivity contribution >= 4 is 17.4 Å². The van der Waals surface area contributed by atoms with E-state index in [1.165, 1.54) is 16.0 Å². The molecule has 0 aliphatic carbocycles. The molecule has 0 bridgehead atoms. The first-order chi connectivity index (χ1) is 11.3. The summed E-state index contributed by atoms with van der Waals surface area (Å²) in [5.41, 5.74) is 3.81. The lowest BCUT2D eigenvalue weighted by atomic mass is 9.98. The third kappa shape index (κ3) is 4.40. The molecule has 2 heteroatoms. The monoisotopic (exact) mass is 319 g/mol. The molecule has 1 atom stereocenters. The first-order valence-corrected chi connectivity index (χ1v) is 9.07. The number of hydrogen-bond donors (Lipinski definition) is 1. The molecule has 0 aliphatic rings. The fourth-order valence-electron chi connectivity index (χ4n) is 2.67. The molecule has 0 aliphatic heterocycles. The number of hydrogen-bond acceptors (Lipinski definition) is 2. The first-order valence-electron chi connectivity index (χ1n) is 7.84. The van der Waals surface area contributed by atoms with Crippen molar-refractivity contribution in [1.29, 1.82) is 0 Å². The number of thioether (sulfide) groups is 1. The quantitative estimate of drug-likeness (QED) is 0.576. The lowest BCUT2D eigenvalue weighted by Crippen LogP contribution is -2.13. The van der Waals surface area contributed by atoms with E-state index in [-0.39, 0.29) is 6.04 Å². The Hall–Kier alpha value is -2.19. The average molecular weight is 319 g/mol. The molecule has 0 fully saturated rings. The van der Waals surface area contributed by atoms with Crippen LogP contribution in [0.3, 0.4) is 0 Å². The van der Waals surface area contributed by atoms with Crippen molar-refractivity contribution in [1.82, 2.24) is 0 Å². The van der Waals surface area contributed by atoms with Gasteiger partial charge < -0.3 is 5.32 Å². The number of para-hydroxylation sites is 1. The van der Waals surface area contributed by atoms with Gasteiger partial charge in [0.2, 0.25) is 0 Å². The normalized spacial score (nSPS) is 11.9. The minimum absolute atomic E-state index is 0.263. The Kier molecular flexibility index (Phi) is 5.38. The molecular weight excluding hydrogens is 298 g/mol.